The largest absolute Gasteiger partial charge is 0.460 e. The lowest BCUT2D eigenvalue weighted by atomic mass is 10.1. The van der Waals surface area contributed by atoms with Crippen LogP contribution in [0.2, 0.25) is 0 Å². The van der Waals surface area contributed by atoms with Crippen molar-refractivity contribution in [1.29, 1.82) is 0 Å². The minimum absolute atomic E-state index is 0.113. The predicted molar refractivity (Wildman–Crippen MR) is 106 cm³/mol. The van der Waals surface area contributed by atoms with E-state index in [1.165, 1.54) is 6.07 Å². The Kier molecular flexibility index (Phi) is 5.27. The predicted octanol–water partition coefficient (Wildman–Crippen LogP) is 4.73. The number of benzene rings is 1. The van der Waals surface area contributed by atoms with Crippen molar-refractivity contribution >= 4 is 0 Å². The molecular weight excluding hydrogens is 395 g/mol. The molecule has 1 N–H and O–H groups in total. The van der Waals surface area contributed by atoms with Crippen LogP contribution in [0.25, 0.3) is 11.3 Å². The molecule has 4 rings (SSSR count). The summed E-state index contributed by atoms with van der Waals surface area (Å²) in [5.41, 5.74) is 1.05. The van der Waals surface area contributed by atoms with Crippen LogP contribution in [-0.4, -0.2) is 21.4 Å². The van der Waals surface area contributed by atoms with Gasteiger partial charge in [-0.05, 0) is 24.3 Å². The number of H-pyrrole nitrogens is 1. The van der Waals surface area contributed by atoms with Crippen molar-refractivity contribution < 1.29 is 17.6 Å². The molecular formula is C22H22F3N3O2. The first kappa shape index (κ1) is 20.4. The Balaban J connectivity index is 1.50. The molecule has 0 saturated heterocycles. The van der Waals surface area contributed by atoms with Crippen LogP contribution in [0.3, 0.4) is 0 Å². The van der Waals surface area contributed by atoms with Crippen molar-refractivity contribution in [1.82, 2.24) is 14.9 Å². The summed E-state index contributed by atoms with van der Waals surface area (Å²) >= 11 is 0. The molecule has 158 valence electrons. The highest BCUT2D eigenvalue weighted by atomic mass is 19.4. The lowest BCUT2D eigenvalue weighted by Gasteiger charge is -2.27. The van der Waals surface area contributed by atoms with Gasteiger partial charge in [0.05, 0.1) is 23.4 Å². The van der Waals surface area contributed by atoms with Crippen LogP contribution in [0.15, 0.2) is 45.6 Å². The summed E-state index contributed by atoms with van der Waals surface area (Å²) in [6.45, 7) is 5.61. The van der Waals surface area contributed by atoms with Crippen LogP contribution in [0.5, 0.6) is 0 Å². The highest BCUT2D eigenvalue weighted by Gasteiger charge is 2.30. The molecule has 0 fully saturated rings. The van der Waals surface area contributed by atoms with E-state index in [0.29, 0.717) is 48.0 Å². The summed E-state index contributed by atoms with van der Waals surface area (Å²) < 4.78 is 44.6. The fraction of sp³-hybridized carbons (Fsp3) is 0.364. The topological polar surface area (TPSA) is 62.1 Å². The Labute approximate surface area is 171 Å². The van der Waals surface area contributed by atoms with Gasteiger partial charge in [-0.15, -0.1) is 0 Å². The SMILES string of the molecule is CC(C)c1nc2c(c(=O)[nH]1)CN(Cc1ccc(-c3cccc(C(F)(F)F)c3)o1)CC2. The van der Waals surface area contributed by atoms with E-state index in [0.717, 1.165) is 24.4 Å². The van der Waals surface area contributed by atoms with Crippen LogP contribution in [0, 0.1) is 0 Å². The van der Waals surface area contributed by atoms with Gasteiger partial charge in [-0.25, -0.2) is 4.98 Å². The molecule has 5 nitrogen and oxygen atoms in total. The lowest BCUT2D eigenvalue weighted by Crippen LogP contribution is -2.35. The Morgan fingerprint density at radius 1 is 1.23 bits per heavy atom. The third-order valence-electron chi connectivity index (χ3n) is 5.23. The lowest BCUT2D eigenvalue weighted by molar-refractivity contribution is -0.137. The van der Waals surface area contributed by atoms with E-state index < -0.39 is 11.7 Å². The number of hydrogen-bond acceptors (Lipinski definition) is 4. The number of aromatic nitrogens is 2. The Morgan fingerprint density at radius 2 is 2.03 bits per heavy atom. The van der Waals surface area contributed by atoms with Crippen molar-refractivity contribution in [3.8, 4) is 11.3 Å². The molecule has 0 spiro atoms. The molecule has 1 aliphatic heterocycles. The van der Waals surface area contributed by atoms with Crippen LogP contribution in [0.1, 0.15) is 48.2 Å². The quantitative estimate of drug-likeness (QED) is 0.667. The van der Waals surface area contributed by atoms with Crippen molar-refractivity contribution in [2.24, 2.45) is 0 Å². The van der Waals surface area contributed by atoms with Gasteiger partial charge in [0.25, 0.3) is 5.56 Å². The molecule has 0 amide bonds. The van der Waals surface area contributed by atoms with Crippen molar-refractivity contribution in [3.63, 3.8) is 0 Å². The van der Waals surface area contributed by atoms with E-state index in [9.17, 15) is 18.0 Å². The van der Waals surface area contributed by atoms with Crippen molar-refractivity contribution in [3.05, 3.63) is 75.2 Å². The second-order valence-corrected chi connectivity index (χ2v) is 7.84. The minimum atomic E-state index is -4.40. The van der Waals surface area contributed by atoms with E-state index in [-0.39, 0.29) is 11.5 Å². The molecule has 0 bridgehead atoms. The highest BCUT2D eigenvalue weighted by Crippen LogP contribution is 2.33. The molecule has 0 atom stereocenters. The zero-order chi connectivity index (χ0) is 21.5. The zero-order valence-electron chi connectivity index (χ0n) is 16.7. The number of furan rings is 1. The molecule has 3 heterocycles. The average molecular weight is 417 g/mol. The van der Waals surface area contributed by atoms with Gasteiger partial charge in [-0.2, -0.15) is 13.2 Å². The molecule has 2 aromatic heterocycles. The molecule has 0 saturated carbocycles. The van der Waals surface area contributed by atoms with Crippen molar-refractivity contribution in [2.45, 2.75) is 45.5 Å². The minimum Gasteiger partial charge on any atom is -0.460 e. The molecule has 0 unspecified atom stereocenters. The second kappa shape index (κ2) is 7.75. The van der Waals surface area contributed by atoms with Crippen LogP contribution >= 0.6 is 0 Å². The number of rotatable bonds is 4. The van der Waals surface area contributed by atoms with Crippen molar-refractivity contribution in [2.75, 3.05) is 6.54 Å². The average Bonchev–Trinajstić information content (AvgIpc) is 3.16. The maximum Gasteiger partial charge on any atom is 0.416 e. The second-order valence-electron chi connectivity index (χ2n) is 7.84. The molecule has 0 radical (unpaired) electrons. The van der Waals surface area contributed by atoms with Gasteiger partial charge in [0.15, 0.2) is 0 Å². The number of fused-ring (bicyclic) bond motifs is 1. The number of alkyl halides is 3. The van der Waals surface area contributed by atoms with Gasteiger partial charge in [-0.3, -0.25) is 9.69 Å². The molecule has 1 aliphatic rings. The van der Waals surface area contributed by atoms with E-state index in [1.807, 2.05) is 13.8 Å². The third kappa shape index (κ3) is 4.18. The van der Waals surface area contributed by atoms with Gasteiger partial charge in [0.1, 0.15) is 17.3 Å². The third-order valence-corrected chi connectivity index (χ3v) is 5.23. The van der Waals surface area contributed by atoms with E-state index in [1.54, 1.807) is 18.2 Å². The molecule has 8 heteroatoms. The Bertz CT molecular complexity index is 1120. The fourth-order valence-electron chi connectivity index (χ4n) is 3.60. The van der Waals surface area contributed by atoms with Gasteiger partial charge in [-0.1, -0.05) is 26.0 Å². The van der Waals surface area contributed by atoms with Crippen LogP contribution in [0.4, 0.5) is 13.2 Å². The van der Waals surface area contributed by atoms with Gasteiger partial charge in [0.2, 0.25) is 0 Å². The summed E-state index contributed by atoms with van der Waals surface area (Å²) in [5, 5.41) is 0. The fourth-order valence-corrected chi connectivity index (χ4v) is 3.60. The maximum absolute atomic E-state index is 13.0. The van der Waals surface area contributed by atoms with Gasteiger partial charge >= 0.3 is 6.18 Å². The summed E-state index contributed by atoms with van der Waals surface area (Å²) in [7, 11) is 0. The summed E-state index contributed by atoms with van der Waals surface area (Å²) in [6.07, 6.45) is -3.73. The molecule has 3 aromatic rings. The van der Waals surface area contributed by atoms with E-state index in [2.05, 4.69) is 14.9 Å². The first-order valence-corrected chi connectivity index (χ1v) is 9.81. The van der Waals surface area contributed by atoms with E-state index >= 15 is 0 Å². The van der Waals surface area contributed by atoms with Crippen LogP contribution < -0.4 is 5.56 Å². The zero-order valence-corrected chi connectivity index (χ0v) is 16.7. The van der Waals surface area contributed by atoms with Gasteiger partial charge < -0.3 is 9.40 Å². The smallest absolute Gasteiger partial charge is 0.416 e. The molecule has 30 heavy (non-hydrogen) atoms. The Morgan fingerprint density at radius 3 is 2.77 bits per heavy atom. The first-order valence-electron chi connectivity index (χ1n) is 9.81. The number of aromatic amines is 1. The molecule has 1 aromatic carbocycles. The normalized spacial score (nSPS) is 14.9. The number of hydrogen-bond donors (Lipinski definition) is 1. The van der Waals surface area contributed by atoms with Crippen LogP contribution in [-0.2, 0) is 25.7 Å². The first-order chi connectivity index (χ1) is 14.2. The monoisotopic (exact) mass is 417 g/mol. The summed E-state index contributed by atoms with van der Waals surface area (Å²) in [5.74, 6) is 1.87. The van der Waals surface area contributed by atoms with E-state index in [4.69, 9.17) is 4.42 Å². The summed E-state index contributed by atoms with van der Waals surface area (Å²) in [6, 6.07) is 8.51. The molecule has 0 aliphatic carbocycles. The highest BCUT2D eigenvalue weighted by molar-refractivity contribution is 5.58. The number of nitrogens with zero attached hydrogens (tertiary/aromatic N) is 2. The Hall–Kier alpha value is -2.87. The standard InChI is InChI=1S/C22H22F3N3O2/c1-13(2)20-26-18-8-9-28(12-17(18)21(29)27-20)11-16-6-7-19(30-16)14-4-3-5-15(10-14)22(23,24)25/h3-7,10,13H,8-9,11-12H2,1-2H3,(H,26,27,29). The number of halogens is 3. The van der Waals surface area contributed by atoms with Gasteiger partial charge in [0, 0.05) is 31.0 Å². The number of nitrogens with one attached hydrogen (secondary N) is 1. The summed E-state index contributed by atoms with van der Waals surface area (Å²) in [4.78, 5) is 22.0. The maximum atomic E-state index is 13.0.